The number of rotatable bonds is 5. The minimum atomic E-state index is -3.31. The van der Waals surface area contributed by atoms with E-state index in [0.717, 1.165) is 42.6 Å². The Labute approximate surface area is 132 Å². The second-order valence-corrected chi connectivity index (χ2v) is 10.1. The molecule has 1 saturated carbocycles. The van der Waals surface area contributed by atoms with Crippen molar-refractivity contribution in [2.75, 3.05) is 19.6 Å². The highest BCUT2D eigenvalue weighted by Gasteiger charge is 2.39. The lowest BCUT2D eigenvalue weighted by Crippen LogP contribution is -2.40. The molecule has 2 fully saturated rings. The molecule has 1 aromatic rings. The number of nitrogens with one attached hydrogen (secondary N) is 1. The van der Waals surface area contributed by atoms with Crippen molar-refractivity contribution in [3.05, 3.63) is 15.9 Å². The van der Waals surface area contributed by atoms with Gasteiger partial charge in [-0.25, -0.2) is 8.42 Å². The van der Waals surface area contributed by atoms with E-state index >= 15 is 0 Å². The van der Waals surface area contributed by atoms with Crippen LogP contribution in [0.25, 0.3) is 0 Å². The fraction of sp³-hybridized carbons (Fsp3) is 0.692. The average Bonchev–Trinajstić information content (AvgIpc) is 3.17. The monoisotopic (exact) mass is 378 g/mol. The molecule has 112 valence electrons. The largest absolute Gasteiger partial charge is 0.317 e. The third-order valence-corrected chi connectivity index (χ3v) is 7.97. The van der Waals surface area contributed by atoms with E-state index in [9.17, 15) is 8.42 Å². The summed E-state index contributed by atoms with van der Waals surface area (Å²) in [6.45, 7) is 2.70. The summed E-state index contributed by atoms with van der Waals surface area (Å²) in [6, 6.07) is 3.76. The Balaban J connectivity index is 1.79. The molecule has 0 aromatic carbocycles. The fourth-order valence-corrected chi connectivity index (χ4v) is 6.58. The molecule has 1 N–H and O–H groups in total. The maximum atomic E-state index is 12.8. The minimum Gasteiger partial charge on any atom is -0.317 e. The highest BCUT2D eigenvalue weighted by molar-refractivity contribution is 9.11. The van der Waals surface area contributed by atoms with Crippen LogP contribution in [0.5, 0.6) is 0 Å². The van der Waals surface area contributed by atoms with Crippen molar-refractivity contribution in [3.8, 4) is 0 Å². The Morgan fingerprint density at radius 1 is 1.25 bits per heavy atom. The number of piperidine rings is 1. The highest BCUT2D eigenvalue weighted by Crippen LogP contribution is 2.36. The van der Waals surface area contributed by atoms with Gasteiger partial charge in [-0.15, -0.1) is 11.3 Å². The molecule has 4 nitrogen and oxygen atoms in total. The number of thiophene rings is 1. The minimum absolute atomic E-state index is 0.232. The molecule has 0 atom stereocenters. The van der Waals surface area contributed by atoms with Crippen LogP contribution in [0.4, 0.5) is 0 Å². The molecular formula is C13H19BrN2O2S2. The predicted octanol–water partition coefficient (Wildman–Crippen LogP) is 2.66. The van der Waals surface area contributed by atoms with Gasteiger partial charge >= 0.3 is 0 Å². The summed E-state index contributed by atoms with van der Waals surface area (Å²) in [5.74, 6) is 0.495. The summed E-state index contributed by atoms with van der Waals surface area (Å²) in [6.07, 6.45) is 4.17. The summed E-state index contributed by atoms with van der Waals surface area (Å²) in [7, 11) is -3.31. The van der Waals surface area contributed by atoms with Gasteiger partial charge in [0.05, 0.1) is 3.79 Å². The van der Waals surface area contributed by atoms with Crippen molar-refractivity contribution in [1.82, 2.24) is 9.62 Å². The number of nitrogens with zero attached hydrogens (tertiary/aromatic N) is 1. The molecule has 0 spiro atoms. The lowest BCUT2D eigenvalue weighted by Gasteiger charge is -2.29. The molecule has 0 amide bonds. The van der Waals surface area contributed by atoms with Crippen molar-refractivity contribution >= 4 is 37.3 Å². The molecule has 0 radical (unpaired) electrons. The first-order valence-electron chi connectivity index (χ1n) is 7.05. The number of sulfonamides is 1. The molecule has 7 heteroatoms. The Bertz CT molecular complexity index is 563. The first kappa shape index (κ1) is 15.0. The lowest BCUT2D eigenvalue weighted by atomic mass is 9.98. The van der Waals surface area contributed by atoms with E-state index in [2.05, 4.69) is 21.2 Å². The second kappa shape index (κ2) is 6.04. The summed E-state index contributed by atoms with van der Waals surface area (Å²) in [5, 5.41) is 3.33. The van der Waals surface area contributed by atoms with E-state index in [-0.39, 0.29) is 6.04 Å². The van der Waals surface area contributed by atoms with E-state index in [1.54, 1.807) is 10.4 Å². The zero-order chi connectivity index (χ0) is 14.2. The fourth-order valence-electron chi connectivity index (χ4n) is 2.68. The molecule has 0 bridgehead atoms. The van der Waals surface area contributed by atoms with Crippen LogP contribution in [0.2, 0.25) is 0 Å². The van der Waals surface area contributed by atoms with Crippen LogP contribution in [0, 0.1) is 5.92 Å². The van der Waals surface area contributed by atoms with E-state index in [4.69, 9.17) is 0 Å². The Hall–Kier alpha value is 0.0500. The molecule has 3 rings (SSSR count). The SMILES string of the molecule is O=S(=O)(c1ccc(Br)s1)N(CC1CCNCC1)C1CC1. The van der Waals surface area contributed by atoms with Gasteiger partial charge in [0, 0.05) is 12.6 Å². The Kier molecular flexibility index (Phi) is 4.52. The highest BCUT2D eigenvalue weighted by atomic mass is 79.9. The topological polar surface area (TPSA) is 49.4 Å². The first-order chi connectivity index (χ1) is 9.57. The number of hydrogen-bond donors (Lipinski definition) is 1. The maximum absolute atomic E-state index is 12.8. The number of halogens is 1. The van der Waals surface area contributed by atoms with Gasteiger partial charge in [0.25, 0.3) is 10.0 Å². The Morgan fingerprint density at radius 3 is 2.50 bits per heavy atom. The third kappa shape index (κ3) is 3.27. The average molecular weight is 379 g/mol. The van der Waals surface area contributed by atoms with Gasteiger partial charge in [-0.3, -0.25) is 0 Å². The molecule has 2 aliphatic rings. The van der Waals surface area contributed by atoms with Gasteiger partial charge in [-0.1, -0.05) is 0 Å². The van der Waals surface area contributed by atoms with E-state index in [1.165, 1.54) is 11.3 Å². The van der Waals surface area contributed by atoms with Crippen molar-refractivity contribution in [3.63, 3.8) is 0 Å². The standard InChI is InChI=1S/C13H19BrN2O2S2/c14-12-3-4-13(19-12)20(17,18)16(11-1-2-11)9-10-5-7-15-8-6-10/h3-4,10-11,15H,1-2,5-9H2. The van der Waals surface area contributed by atoms with Crippen LogP contribution >= 0.6 is 27.3 Å². The third-order valence-electron chi connectivity index (χ3n) is 3.96. The molecule has 20 heavy (non-hydrogen) atoms. The van der Waals surface area contributed by atoms with Crippen molar-refractivity contribution in [2.24, 2.45) is 5.92 Å². The summed E-state index contributed by atoms with van der Waals surface area (Å²) < 4.78 is 28.7. The van der Waals surface area contributed by atoms with Gasteiger partial charge in [0.2, 0.25) is 0 Å². The summed E-state index contributed by atoms with van der Waals surface area (Å²) in [4.78, 5) is 0. The van der Waals surface area contributed by atoms with E-state index in [1.807, 2.05) is 6.07 Å². The molecule has 2 heterocycles. The van der Waals surface area contributed by atoms with Crippen LogP contribution in [0.15, 0.2) is 20.1 Å². The summed E-state index contributed by atoms with van der Waals surface area (Å²) in [5.41, 5.74) is 0. The van der Waals surface area contributed by atoms with Crippen molar-refractivity contribution in [2.45, 2.75) is 35.9 Å². The van der Waals surface area contributed by atoms with E-state index < -0.39 is 10.0 Å². The second-order valence-electron chi connectivity index (χ2n) is 5.56. The van der Waals surface area contributed by atoms with Gasteiger partial charge < -0.3 is 5.32 Å². The zero-order valence-corrected chi connectivity index (χ0v) is 14.4. The predicted molar refractivity (Wildman–Crippen MR) is 84.5 cm³/mol. The van der Waals surface area contributed by atoms with Crippen LogP contribution in [0.1, 0.15) is 25.7 Å². The van der Waals surface area contributed by atoms with Crippen molar-refractivity contribution in [1.29, 1.82) is 0 Å². The summed E-state index contributed by atoms with van der Waals surface area (Å²) >= 11 is 4.66. The molecule has 1 saturated heterocycles. The van der Waals surface area contributed by atoms with Crippen molar-refractivity contribution < 1.29 is 8.42 Å². The Morgan fingerprint density at radius 2 is 1.95 bits per heavy atom. The smallest absolute Gasteiger partial charge is 0.252 e. The lowest BCUT2D eigenvalue weighted by molar-refractivity contribution is 0.283. The van der Waals surface area contributed by atoms with Crippen LogP contribution in [-0.4, -0.2) is 38.4 Å². The maximum Gasteiger partial charge on any atom is 0.252 e. The molecule has 1 aliphatic carbocycles. The quantitative estimate of drug-likeness (QED) is 0.856. The molecule has 0 unspecified atom stereocenters. The van der Waals surface area contributed by atoms with Gasteiger partial charge in [0.1, 0.15) is 4.21 Å². The van der Waals surface area contributed by atoms with Gasteiger partial charge in [-0.05, 0) is 72.8 Å². The van der Waals surface area contributed by atoms with Gasteiger partial charge in [0.15, 0.2) is 0 Å². The normalized spacial score (nSPS) is 21.5. The molecule has 1 aromatic heterocycles. The molecular weight excluding hydrogens is 360 g/mol. The van der Waals surface area contributed by atoms with Crippen LogP contribution in [0.3, 0.4) is 0 Å². The molecule has 1 aliphatic heterocycles. The zero-order valence-electron chi connectivity index (χ0n) is 11.2. The first-order valence-corrected chi connectivity index (χ1v) is 10.1. The van der Waals surface area contributed by atoms with Gasteiger partial charge in [-0.2, -0.15) is 4.31 Å². The van der Waals surface area contributed by atoms with Crippen LogP contribution in [-0.2, 0) is 10.0 Å². The van der Waals surface area contributed by atoms with Crippen LogP contribution < -0.4 is 5.32 Å². The number of hydrogen-bond acceptors (Lipinski definition) is 4. The van der Waals surface area contributed by atoms with E-state index in [0.29, 0.717) is 16.7 Å².